The number of imidazole rings is 1. The fraction of sp³-hybridized carbons (Fsp3) is 0.469. The van der Waals surface area contributed by atoms with E-state index in [9.17, 15) is 0 Å². The average Bonchev–Trinajstić information content (AvgIpc) is 1.59. The van der Waals surface area contributed by atoms with Gasteiger partial charge < -0.3 is 161 Å². The second-order valence-corrected chi connectivity index (χ2v) is 37.6. The normalized spacial score (nSPS) is 13.0. The Morgan fingerprint density at radius 1 is 0.406 bits per heavy atom. The van der Waals surface area contributed by atoms with Crippen LogP contribution in [0.25, 0.3) is 33.1 Å². The number of nitrogens with zero attached hydrogens (tertiary/aromatic N) is 26. The molecule has 0 bridgehead atoms. The molecule has 0 amide bonds. The summed E-state index contributed by atoms with van der Waals surface area (Å²) >= 11 is 0. The van der Waals surface area contributed by atoms with E-state index < -0.39 is 0 Å². The number of likely N-dealkylation sites (N-methyl/N-ethyl adjacent to an activating group) is 4. The number of aryl methyl sites for hydroxylation is 1. The van der Waals surface area contributed by atoms with Gasteiger partial charge in [0.05, 0.1) is 185 Å². The largest absolute Gasteiger partial charge is 0.471 e. The van der Waals surface area contributed by atoms with E-state index in [1.165, 1.54) is 6.42 Å². The first-order chi connectivity index (χ1) is 58.8. The number of nitrogens with two attached hydrogens (primary N) is 6. The average molecular weight is 1850 g/mol. The number of ether oxygens (including phenoxy) is 2. The number of piperazine rings is 1. The number of aromatic nitrogens is 14. The Hall–Kier alpha value is -12.5. The van der Waals surface area contributed by atoms with E-state index in [2.05, 4.69) is 164 Å². The van der Waals surface area contributed by atoms with Gasteiger partial charge >= 0.3 is 0 Å². The predicted octanol–water partition coefficient (Wildman–Crippen LogP) is 8.90. The lowest BCUT2D eigenvalue weighted by molar-refractivity contribution is -0.893. The summed E-state index contributed by atoms with van der Waals surface area (Å²) in [5.41, 5.74) is 53.9. The summed E-state index contributed by atoms with van der Waals surface area (Å²) in [6.07, 6.45) is 19.8. The first-order valence-corrected chi connectivity index (χ1v) is 42.7. The minimum Gasteiger partial charge on any atom is -0.471 e. The molecule has 2 aliphatic heterocycles. The molecular formula is C96H173N35O2. The van der Waals surface area contributed by atoms with E-state index in [-0.39, 0.29) is 59.4 Å². The van der Waals surface area contributed by atoms with Gasteiger partial charge in [-0.15, -0.1) is 30.6 Å². The highest BCUT2D eigenvalue weighted by Gasteiger charge is 2.35. The highest BCUT2D eigenvalue weighted by molar-refractivity contribution is 5.95. The fourth-order valence-electron chi connectivity index (χ4n) is 14.9. The number of nitrogen functional groups attached to an aromatic ring is 6. The number of quaternary nitrogens is 5. The number of hydrogen-bond donors (Lipinski definition) is 9. The maximum absolute atomic E-state index is 6.46. The van der Waals surface area contributed by atoms with E-state index in [4.69, 9.17) is 49.0 Å². The third-order valence-corrected chi connectivity index (χ3v) is 22.1. The molecule has 2 aliphatic rings. The van der Waals surface area contributed by atoms with Crippen LogP contribution in [0.3, 0.4) is 0 Å². The maximum atomic E-state index is 6.46. The molecule has 0 radical (unpaired) electrons. The van der Waals surface area contributed by atoms with Crippen LogP contribution in [-0.2, 0) is 13.6 Å². The van der Waals surface area contributed by atoms with Crippen molar-refractivity contribution < 1.29 is 36.9 Å². The van der Waals surface area contributed by atoms with E-state index >= 15 is 0 Å². The number of rotatable bonds is 26. The zero-order valence-electron chi connectivity index (χ0n) is 85.4. The summed E-state index contributed by atoms with van der Waals surface area (Å²) in [4.78, 5) is 18.5. The zero-order valence-corrected chi connectivity index (χ0v) is 85.4. The van der Waals surface area contributed by atoms with Crippen molar-refractivity contribution in [2.24, 2.45) is 7.05 Å². The number of anilines is 16. The second kappa shape index (κ2) is 49.3. The molecule has 37 nitrogen and oxygen atoms in total. The minimum atomic E-state index is 0. The number of fused-ring (bicyclic) bond motifs is 6. The topological polar surface area (TPSA) is 342 Å². The first-order valence-electron chi connectivity index (χ1n) is 42.7. The molecule has 0 spiro atoms. The van der Waals surface area contributed by atoms with Crippen molar-refractivity contribution in [1.82, 2.24) is 62.3 Å². The monoisotopic (exact) mass is 1850 g/mol. The summed E-state index contributed by atoms with van der Waals surface area (Å²) in [6.45, 7) is 12.9. The predicted molar refractivity (Wildman–Crippen MR) is 570 cm³/mol. The molecule has 15 heterocycles. The molecule has 744 valence electrons. The first kappa shape index (κ1) is 117. The SMILES string of the molecule is C.C.CN(C)c1cccn2nc(N3CCC([N+](C)(C)C)C3)c(N)c12.CN(C)c1cccn2nc(N3CC[NH+](C)CC3)c(N)c12.CN(C)c1cccn2nc(NCCC[N+](C)(C)C)c(N)c12.CN(C)c1cccn2nc(NCC[N+](C)(C)C)c(N)c12.CN(C)c1cccn2nc(OCC[N+](C)(C)C)c(N)c12.CN(C)c1cccn2nc(OCCn3cc[n+](C)c3)c(N)c12.[CH3-].[CH3-].[CH3-].[CH3-].[CH3-].[CH3-]. The molecule has 1 atom stereocenters. The molecule has 1 unspecified atom stereocenters. The zero-order chi connectivity index (χ0) is 91.5. The van der Waals surface area contributed by atoms with Crippen molar-refractivity contribution in [3.63, 3.8) is 0 Å². The lowest BCUT2D eigenvalue weighted by Crippen LogP contribution is -3.12. The minimum absolute atomic E-state index is 0. The van der Waals surface area contributed by atoms with Crippen molar-refractivity contribution in [3.8, 4) is 11.8 Å². The number of hydrogen-bond acceptors (Lipinski definition) is 24. The standard InChI is InChI=1S/C16H27N6.C15H21N6O.C15H27N6.C14H22N6.C14H25N6.C14H24N5O.2CH4.6CH3/c1-19(2)13-7-6-9-21-15(13)14(17)16(18-21)20-10-8-12(11-20)22(3,4)5;1-18(2)12-5-4-6-21-14(12)13(16)15(17-21)22-10-9-20-8-7-19(3)11-20;1-19(2)12-8-6-10-20-14(12)13(16)15(18-20)17-9-7-11-21(3,4)5;1-17(2)11-5-4-6-20-13(11)12(15)14(16-20)19-9-7-18(3)8-10-19;1-18(2)11-7-6-9-19-13(11)12(15)14(17-19)16-8-10-20(3,4)5;1-17(2)11-7-6-8-18-13(11)12(15)14(16-18)20-10-9-19(3,4)5;;;;;;;;/h6-7,9,12H,8,10-11,17H2,1-5H3;4-8,11H,9-10,16H2,1-3H3;6,8,10H,7,9,11,16H2,1-5H3,(H,17,18);4-6H,7-10,15H2,1-3H3;6-7,9H,8,10,15H2,1-5H3,(H,16,17);6-8H,9-10,15H2,1-5H3;2*1H4;6*1H3/q3*+1;;2*+1;;;6*-1/p+1. The van der Waals surface area contributed by atoms with Crippen LogP contribution in [0.2, 0.25) is 0 Å². The van der Waals surface area contributed by atoms with Crippen LogP contribution in [0, 0.1) is 44.6 Å². The van der Waals surface area contributed by atoms with Gasteiger partial charge in [-0.05, 0) is 72.8 Å². The van der Waals surface area contributed by atoms with Crippen molar-refractivity contribution in [2.45, 2.75) is 40.3 Å². The van der Waals surface area contributed by atoms with Gasteiger partial charge in [0.25, 0.3) is 11.8 Å². The number of pyridine rings is 6. The van der Waals surface area contributed by atoms with Crippen molar-refractivity contribution in [3.05, 3.63) is 173 Å². The Balaban J connectivity index is 0.000000534. The molecule has 0 aromatic carbocycles. The molecule has 2 saturated heterocycles. The molecule has 2 fully saturated rings. The van der Waals surface area contributed by atoms with Gasteiger partial charge in [-0.25, -0.2) is 36.2 Å². The van der Waals surface area contributed by atoms with E-state index in [0.29, 0.717) is 53.8 Å². The maximum Gasteiger partial charge on any atom is 0.257 e. The molecule has 0 aliphatic carbocycles. The Bertz CT molecular complexity index is 5560. The summed E-state index contributed by atoms with van der Waals surface area (Å²) in [5.74, 6) is 4.36. The smallest absolute Gasteiger partial charge is 0.257 e. The Morgan fingerprint density at radius 2 is 0.729 bits per heavy atom. The lowest BCUT2D eigenvalue weighted by Gasteiger charge is -2.31. The molecule has 13 aromatic heterocycles. The lowest BCUT2D eigenvalue weighted by atomic mass is 10.2. The summed E-state index contributed by atoms with van der Waals surface area (Å²) in [6, 6.07) is 24.8. The van der Waals surface area contributed by atoms with Gasteiger partial charge in [0, 0.05) is 148 Å². The quantitative estimate of drug-likeness (QED) is 0.0106. The molecular weight excluding hydrogens is 1680 g/mol. The van der Waals surface area contributed by atoms with E-state index in [1.54, 1.807) is 13.9 Å². The van der Waals surface area contributed by atoms with Crippen LogP contribution < -0.4 is 103 Å². The van der Waals surface area contributed by atoms with Gasteiger partial charge in [0.1, 0.15) is 112 Å². The summed E-state index contributed by atoms with van der Waals surface area (Å²) < 4.78 is 30.2. The highest BCUT2D eigenvalue weighted by Crippen LogP contribution is 2.39. The van der Waals surface area contributed by atoms with Crippen LogP contribution in [0.15, 0.2) is 129 Å². The molecule has 13 aromatic rings. The van der Waals surface area contributed by atoms with Crippen LogP contribution in [0.5, 0.6) is 11.8 Å². The van der Waals surface area contributed by atoms with Crippen LogP contribution in [0.4, 0.5) is 91.5 Å². The molecule has 15 N–H and O–H groups in total. The van der Waals surface area contributed by atoms with E-state index in [1.807, 2.05) is 250 Å². The second-order valence-electron chi connectivity index (χ2n) is 37.6. The number of nitrogens with one attached hydrogen (secondary N) is 3. The summed E-state index contributed by atoms with van der Waals surface area (Å²) in [5, 5.41) is 34.0. The van der Waals surface area contributed by atoms with Crippen molar-refractivity contribution in [2.75, 3.05) is 346 Å². The third-order valence-electron chi connectivity index (χ3n) is 22.1. The van der Waals surface area contributed by atoms with Gasteiger partial charge in [-0.1, -0.05) is 14.9 Å². The highest BCUT2D eigenvalue weighted by atomic mass is 16.5. The van der Waals surface area contributed by atoms with Gasteiger partial charge in [0.2, 0.25) is 6.33 Å². The van der Waals surface area contributed by atoms with Crippen LogP contribution in [-0.4, -0.2) is 348 Å². The Morgan fingerprint density at radius 3 is 1.06 bits per heavy atom. The van der Waals surface area contributed by atoms with Crippen molar-refractivity contribution >= 4 is 125 Å². The Labute approximate surface area is 797 Å². The van der Waals surface area contributed by atoms with Crippen LogP contribution in [0.1, 0.15) is 27.7 Å². The molecule has 0 saturated carbocycles. The van der Waals surface area contributed by atoms with Crippen LogP contribution >= 0.6 is 0 Å². The molecule has 37 heteroatoms. The van der Waals surface area contributed by atoms with E-state index in [0.717, 1.165) is 205 Å². The van der Waals surface area contributed by atoms with Gasteiger partial charge in [-0.3, -0.25) is 0 Å². The molecule has 133 heavy (non-hydrogen) atoms. The fourth-order valence-corrected chi connectivity index (χ4v) is 14.9. The molecule has 15 rings (SSSR count). The third kappa shape index (κ3) is 29.3. The van der Waals surface area contributed by atoms with Gasteiger partial charge in [-0.2, -0.15) is 0 Å². The van der Waals surface area contributed by atoms with Gasteiger partial charge in [0.15, 0.2) is 23.3 Å². The Kier molecular flexibility index (Phi) is 43.3. The van der Waals surface area contributed by atoms with Crippen molar-refractivity contribution in [1.29, 1.82) is 0 Å². The summed E-state index contributed by atoms with van der Waals surface area (Å²) in [7, 11) is 54.5.